The summed E-state index contributed by atoms with van der Waals surface area (Å²) in [5.41, 5.74) is 1.12. The molecule has 5 heteroatoms. The van der Waals surface area contributed by atoms with E-state index in [0.29, 0.717) is 22.5 Å². The fraction of sp³-hybridized carbons (Fsp3) is 0.130. The lowest BCUT2D eigenvalue weighted by molar-refractivity contribution is -0.143. The number of nitrogens with zero attached hydrogens (tertiary/aromatic N) is 2. The lowest BCUT2D eigenvalue weighted by Gasteiger charge is -2.28. The summed E-state index contributed by atoms with van der Waals surface area (Å²) in [6.45, 7) is 0. The molecule has 0 bridgehead atoms. The number of hydrogen-bond acceptors (Lipinski definition) is 3. The Balaban J connectivity index is 1.74. The molecule has 5 rings (SSSR count). The maximum Gasteiger partial charge on any atom is 0.269 e. The van der Waals surface area contributed by atoms with Crippen molar-refractivity contribution in [1.29, 1.82) is 0 Å². The summed E-state index contributed by atoms with van der Waals surface area (Å²) in [6.07, 6.45) is 0. The van der Waals surface area contributed by atoms with Crippen molar-refractivity contribution < 1.29 is 14.7 Å². The van der Waals surface area contributed by atoms with Crippen LogP contribution >= 0.6 is 0 Å². The lowest BCUT2D eigenvalue weighted by atomic mass is 9.78. The smallest absolute Gasteiger partial charge is 0.269 e. The van der Waals surface area contributed by atoms with Crippen molar-refractivity contribution in [3.8, 4) is 0 Å². The van der Waals surface area contributed by atoms with Gasteiger partial charge in [-0.15, -0.1) is 0 Å². The Labute approximate surface area is 162 Å². The number of fused-ring (bicyclic) bond motifs is 2. The second-order valence-electron chi connectivity index (χ2n) is 7.15. The van der Waals surface area contributed by atoms with E-state index in [1.807, 2.05) is 54.6 Å². The number of carbonyl (C=O) groups is 2. The Morgan fingerprint density at radius 1 is 0.821 bits per heavy atom. The summed E-state index contributed by atoms with van der Waals surface area (Å²) in [7, 11) is 1.67. The molecule has 3 aromatic rings. The van der Waals surface area contributed by atoms with Crippen LogP contribution in [0.15, 0.2) is 78.9 Å². The van der Waals surface area contributed by atoms with Gasteiger partial charge >= 0.3 is 0 Å². The number of benzene rings is 3. The highest BCUT2D eigenvalue weighted by Gasteiger charge is 2.60. The zero-order chi connectivity index (χ0) is 19.5. The minimum atomic E-state index is -1.97. The summed E-state index contributed by atoms with van der Waals surface area (Å²) in [5.74, 6) is -1.79. The van der Waals surface area contributed by atoms with Crippen molar-refractivity contribution in [2.24, 2.45) is 0 Å². The van der Waals surface area contributed by atoms with Crippen molar-refractivity contribution in [3.05, 3.63) is 90.0 Å². The zero-order valence-electron chi connectivity index (χ0n) is 15.2. The molecule has 2 amide bonds. The van der Waals surface area contributed by atoms with Gasteiger partial charge in [0.05, 0.1) is 5.69 Å². The van der Waals surface area contributed by atoms with Gasteiger partial charge in [0, 0.05) is 24.0 Å². The van der Waals surface area contributed by atoms with Crippen LogP contribution < -0.4 is 9.80 Å². The van der Waals surface area contributed by atoms with Crippen molar-refractivity contribution in [2.75, 3.05) is 16.8 Å². The second-order valence-corrected chi connectivity index (χ2v) is 7.15. The van der Waals surface area contributed by atoms with Gasteiger partial charge in [0.25, 0.3) is 5.91 Å². The molecule has 0 aromatic heterocycles. The molecule has 2 aliphatic heterocycles. The third-order valence-electron chi connectivity index (χ3n) is 5.70. The molecule has 0 unspecified atom stereocenters. The summed E-state index contributed by atoms with van der Waals surface area (Å²) < 4.78 is 0. The Morgan fingerprint density at radius 2 is 1.43 bits per heavy atom. The van der Waals surface area contributed by atoms with Gasteiger partial charge in [0.1, 0.15) is 5.92 Å². The van der Waals surface area contributed by atoms with Gasteiger partial charge < -0.3 is 10.0 Å². The zero-order valence-corrected chi connectivity index (χ0v) is 15.2. The Hall–Kier alpha value is -3.44. The van der Waals surface area contributed by atoms with Crippen molar-refractivity contribution in [3.63, 3.8) is 0 Å². The number of hydrogen-bond donors (Lipinski definition) is 1. The Kier molecular flexibility index (Phi) is 3.45. The summed E-state index contributed by atoms with van der Waals surface area (Å²) in [4.78, 5) is 29.8. The topological polar surface area (TPSA) is 60.9 Å². The van der Waals surface area contributed by atoms with Gasteiger partial charge in [-0.1, -0.05) is 54.6 Å². The normalized spacial score (nSPS) is 23.1. The molecule has 2 aliphatic rings. The van der Waals surface area contributed by atoms with E-state index in [1.165, 1.54) is 9.80 Å². The number of rotatable bonds is 2. The van der Waals surface area contributed by atoms with E-state index < -0.39 is 17.4 Å². The molecule has 5 nitrogen and oxygen atoms in total. The highest BCUT2D eigenvalue weighted by Crippen LogP contribution is 2.54. The van der Waals surface area contributed by atoms with E-state index in [-0.39, 0.29) is 5.91 Å². The van der Waals surface area contributed by atoms with Gasteiger partial charge in [-0.25, -0.2) is 0 Å². The fourth-order valence-electron chi connectivity index (χ4n) is 4.38. The number of para-hydroxylation sites is 3. The summed E-state index contributed by atoms with van der Waals surface area (Å²) in [6, 6.07) is 23.6. The molecule has 0 radical (unpaired) electrons. The molecular weight excluding hydrogens is 352 g/mol. The number of carbonyl (C=O) groups excluding carboxylic acids is 2. The molecule has 1 N–H and O–H groups in total. The minimum absolute atomic E-state index is 0.290. The molecule has 0 saturated heterocycles. The number of amides is 2. The lowest BCUT2D eigenvalue weighted by Crippen LogP contribution is -2.46. The maximum atomic E-state index is 13.6. The van der Waals surface area contributed by atoms with E-state index in [4.69, 9.17) is 0 Å². The molecule has 3 aromatic carbocycles. The third-order valence-corrected chi connectivity index (χ3v) is 5.70. The number of aliphatic hydroxyl groups is 1. The van der Waals surface area contributed by atoms with E-state index >= 15 is 0 Å². The van der Waals surface area contributed by atoms with E-state index in [2.05, 4.69) is 0 Å². The SMILES string of the molecule is CN1C(=O)[C@H]([C@]2(O)C(=O)N(c3ccccc3)c3ccccc32)c2ccccc21. The fourth-order valence-corrected chi connectivity index (χ4v) is 4.38. The van der Waals surface area contributed by atoms with Crippen LogP contribution in [-0.2, 0) is 15.2 Å². The second kappa shape index (κ2) is 5.78. The molecular formula is C23H18N2O3. The average Bonchev–Trinajstić information content (AvgIpc) is 3.12. The average molecular weight is 370 g/mol. The van der Waals surface area contributed by atoms with Crippen LogP contribution in [0.2, 0.25) is 0 Å². The first kappa shape index (κ1) is 16.7. The van der Waals surface area contributed by atoms with Crippen molar-refractivity contribution >= 4 is 28.9 Å². The van der Waals surface area contributed by atoms with Gasteiger partial charge in [-0.2, -0.15) is 0 Å². The first-order valence-corrected chi connectivity index (χ1v) is 9.13. The minimum Gasteiger partial charge on any atom is -0.374 e. The maximum absolute atomic E-state index is 13.6. The van der Waals surface area contributed by atoms with Crippen LogP contribution in [0, 0.1) is 0 Å². The van der Waals surface area contributed by atoms with Gasteiger partial charge in [-0.05, 0) is 29.8 Å². The van der Waals surface area contributed by atoms with Gasteiger partial charge in [0.15, 0.2) is 5.60 Å². The molecule has 2 atom stereocenters. The first-order chi connectivity index (χ1) is 13.5. The molecule has 2 heterocycles. The standard InChI is InChI=1S/C23H18N2O3/c1-24-18-13-7-5-11-16(18)20(21(24)26)23(28)17-12-6-8-14-19(17)25(22(23)27)15-9-3-2-4-10-15/h2-14,20,28H,1H3/t20-,23+/m1/s1. The van der Waals surface area contributed by atoms with Crippen LogP contribution in [0.5, 0.6) is 0 Å². The summed E-state index contributed by atoms with van der Waals surface area (Å²) in [5, 5.41) is 11.8. The quantitative estimate of drug-likeness (QED) is 0.753. The van der Waals surface area contributed by atoms with Crippen LogP contribution in [-0.4, -0.2) is 24.0 Å². The molecule has 138 valence electrons. The van der Waals surface area contributed by atoms with E-state index in [1.54, 1.807) is 31.3 Å². The molecule has 0 saturated carbocycles. The van der Waals surface area contributed by atoms with Crippen LogP contribution in [0.4, 0.5) is 17.1 Å². The Bertz CT molecular complexity index is 1110. The predicted molar refractivity (Wildman–Crippen MR) is 107 cm³/mol. The van der Waals surface area contributed by atoms with Crippen molar-refractivity contribution in [1.82, 2.24) is 0 Å². The first-order valence-electron chi connectivity index (χ1n) is 9.13. The van der Waals surface area contributed by atoms with Crippen LogP contribution in [0.3, 0.4) is 0 Å². The number of likely N-dealkylation sites (N-methyl/N-ethyl adjacent to an activating group) is 1. The van der Waals surface area contributed by atoms with Gasteiger partial charge in [0.2, 0.25) is 5.91 Å². The van der Waals surface area contributed by atoms with E-state index in [0.717, 1.165) is 5.69 Å². The van der Waals surface area contributed by atoms with Crippen molar-refractivity contribution in [2.45, 2.75) is 11.5 Å². The van der Waals surface area contributed by atoms with E-state index in [9.17, 15) is 14.7 Å². The van der Waals surface area contributed by atoms with Crippen LogP contribution in [0.1, 0.15) is 17.0 Å². The molecule has 0 fully saturated rings. The number of anilines is 3. The predicted octanol–water partition coefficient (Wildman–Crippen LogP) is 3.31. The molecule has 28 heavy (non-hydrogen) atoms. The molecule has 0 aliphatic carbocycles. The largest absolute Gasteiger partial charge is 0.374 e. The summed E-state index contributed by atoms with van der Waals surface area (Å²) >= 11 is 0. The molecule has 0 spiro atoms. The Morgan fingerprint density at radius 3 is 2.18 bits per heavy atom. The van der Waals surface area contributed by atoms with Gasteiger partial charge in [-0.3, -0.25) is 14.5 Å². The highest BCUT2D eigenvalue weighted by molar-refractivity contribution is 6.17. The third kappa shape index (κ3) is 1.99. The van der Waals surface area contributed by atoms with Crippen LogP contribution in [0.25, 0.3) is 0 Å². The monoisotopic (exact) mass is 370 g/mol. The highest BCUT2D eigenvalue weighted by atomic mass is 16.3.